The third-order valence-electron chi connectivity index (χ3n) is 6.27. The summed E-state index contributed by atoms with van der Waals surface area (Å²) in [6, 6.07) is 22.9. The number of rotatable bonds is 11. The fourth-order valence-electron chi connectivity index (χ4n) is 4.45. The third-order valence-corrected chi connectivity index (χ3v) is 6.27. The summed E-state index contributed by atoms with van der Waals surface area (Å²) in [6.45, 7) is 1.06. The van der Waals surface area contributed by atoms with Crippen LogP contribution in [0.25, 0.3) is 0 Å². The van der Waals surface area contributed by atoms with Crippen LogP contribution in [0.3, 0.4) is 0 Å². The zero-order chi connectivity index (χ0) is 26.9. The highest BCUT2D eigenvalue weighted by atomic mass is 16.4. The molecule has 196 valence electrons. The molecule has 9 nitrogen and oxygen atoms in total. The summed E-state index contributed by atoms with van der Waals surface area (Å²) in [5, 5.41) is 17.6. The average molecular weight is 515 g/mol. The molecule has 0 fully saturated rings. The predicted octanol–water partition coefficient (Wildman–Crippen LogP) is 3.66. The summed E-state index contributed by atoms with van der Waals surface area (Å²) in [5.41, 5.74) is 4.15. The van der Waals surface area contributed by atoms with E-state index in [0.717, 1.165) is 23.2 Å². The molecule has 1 aliphatic heterocycles. The second-order valence-corrected chi connectivity index (χ2v) is 9.15. The number of nitrogens with one attached hydrogen (secondary N) is 3. The number of Topliss-reactive ketones (excluding diaryl/α,β-unsaturated/α-hetero) is 1. The van der Waals surface area contributed by atoms with E-state index < -0.39 is 17.9 Å². The van der Waals surface area contributed by atoms with Gasteiger partial charge in [-0.1, -0.05) is 66.7 Å². The predicted molar refractivity (Wildman–Crippen MR) is 144 cm³/mol. The van der Waals surface area contributed by atoms with Crippen LogP contribution in [0.2, 0.25) is 0 Å². The Hall–Kier alpha value is -4.66. The molecule has 0 spiro atoms. The number of fused-ring (bicyclic) bond motifs is 1. The Morgan fingerprint density at radius 3 is 2.34 bits per heavy atom. The van der Waals surface area contributed by atoms with Crippen LogP contribution in [0.1, 0.15) is 35.6 Å². The number of carbonyl (C=O) groups is 4. The number of urea groups is 1. The van der Waals surface area contributed by atoms with Gasteiger partial charge in [0, 0.05) is 24.5 Å². The van der Waals surface area contributed by atoms with Crippen LogP contribution in [0, 0.1) is 0 Å². The second kappa shape index (κ2) is 12.5. The first-order valence-corrected chi connectivity index (χ1v) is 12.4. The summed E-state index contributed by atoms with van der Waals surface area (Å²) < 4.78 is 0. The Kier molecular flexibility index (Phi) is 8.71. The molecule has 4 rings (SSSR count). The van der Waals surface area contributed by atoms with Crippen molar-refractivity contribution in [2.24, 2.45) is 0 Å². The molecule has 0 saturated heterocycles. The van der Waals surface area contributed by atoms with Gasteiger partial charge in [0.2, 0.25) is 5.91 Å². The van der Waals surface area contributed by atoms with Crippen molar-refractivity contribution in [3.8, 4) is 0 Å². The lowest BCUT2D eigenvalue weighted by molar-refractivity contribution is -0.137. The van der Waals surface area contributed by atoms with E-state index in [4.69, 9.17) is 0 Å². The Balaban J connectivity index is 1.31. The maximum atomic E-state index is 12.7. The molecule has 1 aliphatic rings. The molecule has 9 heteroatoms. The number of hydrogen-bond donors (Lipinski definition) is 4. The molecule has 0 bridgehead atoms. The van der Waals surface area contributed by atoms with Crippen LogP contribution < -0.4 is 20.9 Å². The number of amides is 3. The third kappa shape index (κ3) is 7.42. The minimum Gasteiger partial charge on any atom is -0.481 e. The molecule has 3 aromatic carbocycles. The Morgan fingerprint density at radius 1 is 0.921 bits per heavy atom. The summed E-state index contributed by atoms with van der Waals surface area (Å²) in [4.78, 5) is 50.8. The highest BCUT2D eigenvalue weighted by Gasteiger charge is 2.24. The summed E-state index contributed by atoms with van der Waals surface area (Å²) in [5.74, 6) is -1.84. The Labute approximate surface area is 220 Å². The van der Waals surface area contributed by atoms with Gasteiger partial charge in [0.25, 0.3) is 0 Å². The van der Waals surface area contributed by atoms with Crippen molar-refractivity contribution in [1.29, 1.82) is 0 Å². The van der Waals surface area contributed by atoms with Crippen molar-refractivity contribution in [3.63, 3.8) is 0 Å². The first kappa shape index (κ1) is 26.4. The topological polar surface area (TPSA) is 128 Å². The smallest absolute Gasteiger partial charge is 0.319 e. The van der Waals surface area contributed by atoms with Crippen molar-refractivity contribution < 1.29 is 24.3 Å². The van der Waals surface area contributed by atoms with Crippen LogP contribution in [-0.2, 0) is 27.3 Å². The number of ketones is 1. The molecular formula is C29H30N4O5. The van der Waals surface area contributed by atoms with Gasteiger partial charge in [-0.25, -0.2) is 4.79 Å². The Morgan fingerprint density at radius 2 is 1.63 bits per heavy atom. The molecule has 0 aliphatic carbocycles. The molecule has 3 aromatic rings. The van der Waals surface area contributed by atoms with Gasteiger partial charge >= 0.3 is 12.0 Å². The van der Waals surface area contributed by atoms with Gasteiger partial charge in [-0.2, -0.15) is 0 Å². The monoisotopic (exact) mass is 514 g/mol. The molecule has 0 aromatic heterocycles. The van der Waals surface area contributed by atoms with E-state index in [9.17, 15) is 24.3 Å². The maximum Gasteiger partial charge on any atom is 0.319 e. The number of carboxylic acid groups (broad SMARTS) is 1. The minimum absolute atomic E-state index is 0.0407. The fourth-order valence-corrected chi connectivity index (χ4v) is 4.45. The minimum atomic E-state index is -1.04. The molecule has 1 heterocycles. The van der Waals surface area contributed by atoms with Crippen LogP contribution in [0.15, 0.2) is 78.9 Å². The van der Waals surface area contributed by atoms with E-state index in [1.807, 2.05) is 53.4 Å². The molecular weight excluding hydrogens is 484 g/mol. The van der Waals surface area contributed by atoms with Crippen molar-refractivity contribution >= 4 is 35.1 Å². The summed E-state index contributed by atoms with van der Waals surface area (Å²) in [7, 11) is 0. The number of aliphatic carboxylic acids is 1. The van der Waals surface area contributed by atoms with Gasteiger partial charge in [-0.3, -0.25) is 14.4 Å². The lowest BCUT2D eigenvalue weighted by Crippen LogP contribution is -2.35. The van der Waals surface area contributed by atoms with Gasteiger partial charge < -0.3 is 26.0 Å². The standard InChI is InChI=1S/C29H30N4O5/c34-24(16-27(35)32-25(17-28(36)37)21-9-5-2-6-10-21)19-33-14-13-22-11-12-23(15-26(22)33)31-29(38)30-18-20-7-3-1-4-8-20/h1-12,15,25H,13-14,16-19H2,(H,32,35)(H,36,37)(H2,30,31,38). The van der Waals surface area contributed by atoms with Gasteiger partial charge in [0.15, 0.2) is 5.78 Å². The van der Waals surface area contributed by atoms with Crippen molar-refractivity contribution in [1.82, 2.24) is 10.6 Å². The maximum absolute atomic E-state index is 12.7. The largest absolute Gasteiger partial charge is 0.481 e. The Bertz CT molecular complexity index is 1300. The molecule has 4 N–H and O–H groups in total. The summed E-state index contributed by atoms with van der Waals surface area (Å²) >= 11 is 0. The van der Waals surface area contributed by atoms with E-state index in [1.165, 1.54) is 0 Å². The lowest BCUT2D eigenvalue weighted by Gasteiger charge is -2.20. The number of carbonyl (C=O) groups excluding carboxylic acids is 3. The SMILES string of the molecule is O=C(O)CC(NC(=O)CC(=O)CN1CCc2ccc(NC(=O)NCc3ccccc3)cc21)c1ccccc1. The molecule has 0 radical (unpaired) electrons. The zero-order valence-electron chi connectivity index (χ0n) is 20.9. The molecule has 1 unspecified atom stereocenters. The molecule has 3 amide bonds. The van der Waals surface area contributed by atoms with Gasteiger partial charge in [0.1, 0.15) is 0 Å². The van der Waals surface area contributed by atoms with Crippen molar-refractivity contribution in [2.75, 3.05) is 23.3 Å². The molecule has 0 saturated carbocycles. The van der Waals surface area contributed by atoms with Gasteiger partial charge in [-0.05, 0) is 35.2 Å². The van der Waals surface area contributed by atoms with Gasteiger partial charge in [0.05, 0.1) is 25.4 Å². The molecule has 38 heavy (non-hydrogen) atoms. The van der Waals surface area contributed by atoms with Crippen LogP contribution in [0.4, 0.5) is 16.2 Å². The highest BCUT2D eigenvalue weighted by Crippen LogP contribution is 2.31. The first-order valence-electron chi connectivity index (χ1n) is 12.4. The number of hydrogen-bond acceptors (Lipinski definition) is 5. The molecule has 1 atom stereocenters. The van der Waals surface area contributed by atoms with E-state index >= 15 is 0 Å². The van der Waals surface area contributed by atoms with Crippen molar-refractivity contribution in [3.05, 3.63) is 95.6 Å². The number of anilines is 2. The highest BCUT2D eigenvalue weighted by molar-refractivity contribution is 6.00. The number of carboxylic acids is 1. The van der Waals surface area contributed by atoms with E-state index in [-0.39, 0.29) is 31.2 Å². The van der Waals surface area contributed by atoms with E-state index in [1.54, 1.807) is 30.3 Å². The quantitative estimate of drug-likeness (QED) is 0.289. The van der Waals surface area contributed by atoms with Gasteiger partial charge in [-0.15, -0.1) is 0 Å². The lowest BCUT2D eigenvalue weighted by atomic mass is 10.0. The fraction of sp³-hybridized carbons (Fsp3) is 0.241. The first-order chi connectivity index (χ1) is 18.4. The van der Waals surface area contributed by atoms with Crippen LogP contribution >= 0.6 is 0 Å². The number of nitrogens with zero attached hydrogens (tertiary/aromatic N) is 1. The van der Waals surface area contributed by atoms with Crippen LogP contribution in [-0.4, -0.2) is 41.9 Å². The average Bonchev–Trinajstić information content (AvgIpc) is 3.29. The van der Waals surface area contributed by atoms with Crippen molar-refractivity contribution in [2.45, 2.75) is 31.8 Å². The number of benzene rings is 3. The zero-order valence-corrected chi connectivity index (χ0v) is 20.9. The summed E-state index contributed by atoms with van der Waals surface area (Å²) in [6.07, 6.45) is 0.122. The van der Waals surface area contributed by atoms with E-state index in [2.05, 4.69) is 16.0 Å². The van der Waals surface area contributed by atoms with E-state index in [0.29, 0.717) is 24.3 Å². The normalized spacial score (nSPS) is 12.8. The van der Waals surface area contributed by atoms with Crippen LogP contribution in [0.5, 0.6) is 0 Å². The second-order valence-electron chi connectivity index (χ2n) is 9.15.